The lowest BCUT2D eigenvalue weighted by atomic mass is 9.95. The number of carbonyl (C=O) groups is 1. The number of nitrogens with zero attached hydrogens (tertiary/aromatic N) is 2. The fraction of sp³-hybridized carbons (Fsp3) is 0.367. The Hall–Kier alpha value is -3.89. The number of hydrogen-bond acceptors (Lipinski definition) is 9. The van der Waals surface area contributed by atoms with Gasteiger partial charge in [0.05, 0.1) is 43.2 Å². The highest BCUT2D eigenvalue weighted by atomic mass is 32.1. The molecule has 0 saturated heterocycles. The molecule has 0 fully saturated rings. The van der Waals surface area contributed by atoms with Crippen LogP contribution in [0.25, 0.3) is 6.08 Å². The standard InChI is InChI=1S/C30H34N2O7S/c1-6-7-14-38-23-13-12-20(17-24(23)37-5)18-25-28(33)32-27(21-10-8-9-11-22(21)36-4)26(19(2)31-30(32)40-25)29(34)39-16-15-35-3/h8-13,17-18,27H,6-7,14-16H2,1-5H3. The Labute approximate surface area is 236 Å². The Kier molecular flexibility index (Phi) is 9.79. The quantitative estimate of drug-likeness (QED) is 0.244. The monoisotopic (exact) mass is 566 g/mol. The highest BCUT2D eigenvalue weighted by Crippen LogP contribution is 2.35. The minimum atomic E-state index is -0.784. The second-order valence-corrected chi connectivity index (χ2v) is 10.1. The van der Waals surface area contributed by atoms with Crippen LogP contribution in [0.15, 0.2) is 63.5 Å². The summed E-state index contributed by atoms with van der Waals surface area (Å²) in [6.07, 6.45) is 3.77. The number of carbonyl (C=O) groups excluding carboxylic acids is 1. The number of rotatable bonds is 12. The van der Waals surface area contributed by atoms with Gasteiger partial charge in [0.1, 0.15) is 18.4 Å². The summed E-state index contributed by atoms with van der Waals surface area (Å²) in [4.78, 5) is 32.3. The molecule has 0 amide bonds. The minimum absolute atomic E-state index is 0.0785. The third kappa shape index (κ3) is 6.13. The normalized spacial score (nSPS) is 14.9. The third-order valence-corrected chi connectivity index (χ3v) is 7.42. The number of para-hydroxylation sites is 1. The zero-order valence-electron chi connectivity index (χ0n) is 23.4. The Morgan fingerprint density at radius 3 is 2.52 bits per heavy atom. The number of fused-ring (bicyclic) bond motifs is 1. The van der Waals surface area contributed by atoms with Crippen molar-refractivity contribution in [3.8, 4) is 17.2 Å². The largest absolute Gasteiger partial charge is 0.496 e. The van der Waals surface area contributed by atoms with E-state index in [4.69, 9.17) is 23.7 Å². The van der Waals surface area contributed by atoms with Crippen molar-refractivity contribution in [2.24, 2.45) is 4.99 Å². The van der Waals surface area contributed by atoms with Crippen molar-refractivity contribution in [3.63, 3.8) is 0 Å². The molecule has 3 aromatic rings. The average Bonchev–Trinajstić information content (AvgIpc) is 3.26. The summed E-state index contributed by atoms with van der Waals surface area (Å²) in [5.74, 6) is 1.22. The molecule has 0 bridgehead atoms. The van der Waals surface area contributed by atoms with E-state index in [1.165, 1.54) is 23.0 Å². The fourth-order valence-electron chi connectivity index (χ4n) is 4.44. The van der Waals surface area contributed by atoms with Crippen LogP contribution in [0.2, 0.25) is 0 Å². The van der Waals surface area contributed by atoms with Gasteiger partial charge < -0.3 is 23.7 Å². The molecule has 1 aromatic heterocycles. The molecule has 0 N–H and O–H groups in total. The Morgan fingerprint density at radius 2 is 1.80 bits per heavy atom. The molecular formula is C30H34N2O7S. The lowest BCUT2D eigenvalue weighted by Gasteiger charge is -2.26. The van der Waals surface area contributed by atoms with Crippen molar-refractivity contribution >= 4 is 23.4 Å². The molecule has 1 atom stereocenters. The maximum absolute atomic E-state index is 13.9. The van der Waals surface area contributed by atoms with Crippen LogP contribution in [0.1, 0.15) is 43.9 Å². The van der Waals surface area contributed by atoms with Gasteiger partial charge in [-0.15, -0.1) is 0 Å². The van der Waals surface area contributed by atoms with Crippen molar-refractivity contribution < 1.29 is 28.5 Å². The average molecular weight is 567 g/mol. The van der Waals surface area contributed by atoms with Crippen LogP contribution in [0.5, 0.6) is 17.2 Å². The Morgan fingerprint density at radius 1 is 1.02 bits per heavy atom. The minimum Gasteiger partial charge on any atom is -0.496 e. The Bertz CT molecular complexity index is 1570. The van der Waals surface area contributed by atoms with Gasteiger partial charge in [-0.3, -0.25) is 9.36 Å². The van der Waals surface area contributed by atoms with Gasteiger partial charge in [-0.05, 0) is 43.2 Å². The van der Waals surface area contributed by atoms with Gasteiger partial charge in [0, 0.05) is 12.7 Å². The van der Waals surface area contributed by atoms with Crippen LogP contribution >= 0.6 is 11.3 Å². The summed E-state index contributed by atoms with van der Waals surface area (Å²) in [7, 11) is 4.67. The molecular weight excluding hydrogens is 532 g/mol. The van der Waals surface area contributed by atoms with E-state index < -0.39 is 12.0 Å². The molecule has 4 rings (SSSR count). The number of unbranched alkanes of at least 4 members (excludes halogenated alkanes) is 1. The molecule has 2 aromatic carbocycles. The number of benzene rings is 2. The summed E-state index contributed by atoms with van der Waals surface area (Å²) in [5, 5.41) is 0. The highest BCUT2D eigenvalue weighted by Gasteiger charge is 2.35. The Balaban J connectivity index is 1.83. The number of methoxy groups -OCH3 is 3. The molecule has 0 radical (unpaired) electrons. The van der Waals surface area contributed by atoms with Gasteiger partial charge in [-0.25, -0.2) is 9.79 Å². The number of hydrogen-bond donors (Lipinski definition) is 0. The summed E-state index contributed by atoms with van der Waals surface area (Å²) in [5.41, 5.74) is 1.89. The van der Waals surface area contributed by atoms with Crippen molar-refractivity contribution in [1.82, 2.24) is 4.57 Å². The van der Waals surface area contributed by atoms with Gasteiger partial charge in [0.2, 0.25) is 0 Å². The molecule has 9 nitrogen and oxygen atoms in total. The number of ether oxygens (including phenoxy) is 5. The second-order valence-electron chi connectivity index (χ2n) is 9.06. The van der Waals surface area contributed by atoms with Crippen LogP contribution in [0, 0.1) is 0 Å². The molecule has 1 aliphatic rings. The maximum Gasteiger partial charge on any atom is 0.338 e. The van der Waals surface area contributed by atoms with E-state index in [9.17, 15) is 9.59 Å². The summed E-state index contributed by atoms with van der Waals surface area (Å²) < 4.78 is 29.5. The highest BCUT2D eigenvalue weighted by molar-refractivity contribution is 7.07. The molecule has 212 valence electrons. The summed E-state index contributed by atoms with van der Waals surface area (Å²) in [6, 6.07) is 12.1. The van der Waals surface area contributed by atoms with Crippen LogP contribution in [0.3, 0.4) is 0 Å². The van der Waals surface area contributed by atoms with Crippen molar-refractivity contribution in [2.75, 3.05) is 41.2 Å². The molecule has 1 unspecified atom stereocenters. The van der Waals surface area contributed by atoms with E-state index in [-0.39, 0.29) is 24.3 Å². The molecule has 40 heavy (non-hydrogen) atoms. The fourth-order valence-corrected chi connectivity index (χ4v) is 5.48. The van der Waals surface area contributed by atoms with E-state index in [1.807, 2.05) is 36.4 Å². The van der Waals surface area contributed by atoms with E-state index in [0.29, 0.717) is 44.4 Å². The van der Waals surface area contributed by atoms with Crippen LogP contribution in [-0.4, -0.2) is 51.7 Å². The van der Waals surface area contributed by atoms with Crippen molar-refractivity contribution in [2.45, 2.75) is 32.7 Å². The molecule has 1 aliphatic heterocycles. The lowest BCUT2D eigenvalue weighted by Crippen LogP contribution is -2.40. The first kappa shape index (κ1) is 29.1. The zero-order valence-corrected chi connectivity index (χ0v) is 24.2. The maximum atomic E-state index is 13.9. The summed E-state index contributed by atoms with van der Waals surface area (Å²) in [6.45, 7) is 4.78. The van der Waals surface area contributed by atoms with Crippen LogP contribution in [-0.2, 0) is 14.3 Å². The zero-order chi connectivity index (χ0) is 28.6. The number of thiazole rings is 1. The van der Waals surface area contributed by atoms with Gasteiger partial charge in [0.25, 0.3) is 5.56 Å². The van der Waals surface area contributed by atoms with Gasteiger partial charge in [-0.2, -0.15) is 0 Å². The second kappa shape index (κ2) is 13.5. The van der Waals surface area contributed by atoms with E-state index in [2.05, 4.69) is 11.9 Å². The molecule has 10 heteroatoms. The first-order valence-electron chi connectivity index (χ1n) is 13.1. The number of aromatic nitrogens is 1. The number of esters is 1. The lowest BCUT2D eigenvalue weighted by molar-refractivity contribution is -0.140. The third-order valence-electron chi connectivity index (χ3n) is 6.44. The van der Waals surface area contributed by atoms with Gasteiger partial charge in [0.15, 0.2) is 16.3 Å². The van der Waals surface area contributed by atoms with Crippen molar-refractivity contribution in [1.29, 1.82) is 0 Å². The predicted molar refractivity (Wildman–Crippen MR) is 153 cm³/mol. The molecule has 0 spiro atoms. The first-order valence-corrected chi connectivity index (χ1v) is 13.9. The first-order chi connectivity index (χ1) is 19.4. The predicted octanol–water partition coefficient (Wildman–Crippen LogP) is 3.62. The van der Waals surface area contributed by atoms with Crippen LogP contribution in [0.4, 0.5) is 0 Å². The number of allylic oxidation sites excluding steroid dienone is 1. The molecule has 0 aliphatic carbocycles. The van der Waals surface area contributed by atoms with Crippen molar-refractivity contribution in [3.05, 3.63) is 84.5 Å². The molecule has 0 saturated carbocycles. The topological polar surface area (TPSA) is 97.6 Å². The van der Waals surface area contributed by atoms with Gasteiger partial charge in [-0.1, -0.05) is 48.9 Å². The van der Waals surface area contributed by atoms with E-state index >= 15 is 0 Å². The molecule has 2 heterocycles. The van der Waals surface area contributed by atoms with E-state index in [0.717, 1.165) is 18.4 Å². The van der Waals surface area contributed by atoms with Gasteiger partial charge >= 0.3 is 5.97 Å². The summed E-state index contributed by atoms with van der Waals surface area (Å²) >= 11 is 1.25. The van der Waals surface area contributed by atoms with Crippen LogP contribution < -0.4 is 29.1 Å². The smallest absolute Gasteiger partial charge is 0.338 e. The van der Waals surface area contributed by atoms with E-state index in [1.54, 1.807) is 33.3 Å². The SMILES string of the molecule is CCCCOc1ccc(C=c2sc3n(c2=O)C(c2ccccc2OC)C(C(=O)OCCOC)=C(C)N=3)cc1OC.